The van der Waals surface area contributed by atoms with Gasteiger partial charge in [-0.15, -0.1) is 0 Å². The molecule has 0 aromatic carbocycles. The minimum absolute atomic E-state index is 0.333. The first-order valence-electron chi connectivity index (χ1n) is 6.62. The second-order valence-corrected chi connectivity index (χ2v) is 5.45. The van der Waals surface area contributed by atoms with Crippen LogP contribution in [0, 0.1) is 0 Å². The summed E-state index contributed by atoms with van der Waals surface area (Å²) in [6.45, 7) is 6.43. The molecule has 2 atom stereocenters. The number of nitrogens with zero attached hydrogens (tertiary/aromatic N) is 2. The van der Waals surface area contributed by atoms with E-state index in [-0.39, 0.29) is 5.97 Å². The van der Waals surface area contributed by atoms with Crippen molar-refractivity contribution in [2.45, 2.75) is 45.0 Å². The van der Waals surface area contributed by atoms with Crippen LogP contribution < -0.4 is 5.73 Å². The third-order valence-electron chi connectivity index (χ3n) is 2.84. The highest BCUT2D eigenvalue weighted by Gasteiger charge is 2.14. The van der Waals surface area contributed by atoms with Crippen LogP contribution in [0.25, 0.3) is 0 Å². The fourth-order valence-corrected chi connectivity index (χ4v) is 2.37. The van der Waals surface area contributed by atoms with E-state index in [9.17, 15) is 4.79 Å². The molecule has 2 unspecified atom stereocenters. The van der Waals surface area contributed by atoms with Gasteiger partial charge in [0.2, 0.25) is 0 Å². The molecule has 108 valence electrons. The molecular weight excluding hydrogens is 262 g/mol. The van der Waals surface area contributed by atoms with Crippen LogP contribution in [0.4, 0.5) is 0 Å². The number of hydrogen-bond donors (Lipinski definition) is 1. The van der Waals surface area contributed by atoms with Gasteiger partial charge in [0.1, 0.15) is 6.04 Å². The molecule has 5 nitrogen and oxygen atoms in total. The summed E-state index contributed by atoms with van der Waals surface area (Å²) in [6.07, 6.45) is 3.05. The summed E-state index contributed by atoms with van der Waals surface area (Å²) in [4.78, 5) is 11.3. The molecule has 0 spiro atoms. The van der Waals surface area contributed by atoms with Gasteiger partial charge in [-0.05, 0) is 26.3 Å². The first-order valence-corrected chi connectivity index (χ1v) is 7.77. The number of hydrogen-bond acceptors (Lipinski definition) is 5. The van der Waals surface area contributed by atoms with Gasteiger partial charge in [-0.3, -0.25) is 9.48 Å². The van der Waals surface area contributed by atoms with Gasteiger partial charge in [-0.1, -0.05) is 6.92 Å². The van der Waals surface area contributed by atoms with Gasteiger partial charge < -0.3 is 10.5 Å². The van der Waals surface area contributed by atoms with E-state index in [1.54, 1.807) is 18.7 Å². The molecule has 0 bridgehead atoms. The van der Waals surface area contributed by atoms with E-state index in [1.165, 1.54) is 0 Å². The molecule has 0 aliphatic heterocycles. The smallest absolute Gasteiger partial charge is 0.323 e. The van der Waals surface area contributed by atoms with Crippen LogP contribution in [-0.4, -0.2) is 34.2 Å². The van der Waals surface area contributed by atoms with E-state index in [2.05, 4.69) is 18.9 Å². The zero-order valence-electron chi connectivity index (χ0n) is 11.8. The standard InChI is InChI=1S/C13H23N3O2S/c1-4-10(3)16-7-6-11(15-16)8-19-9-12(14)13(17)18-5-2/h6-7,10,12H,4-5,8-9,14H2,1-3H3. The number of aromatic nitrogens is 2. The molecule has 0 fully saturated rings. The average Bonchev–Trinajstić information content (AvgIpc) is 2.86. The lowest BCUT2D eigenvalue weighted by Gasteiger charge is -2.10. The maximum absolute atomic E-state index is 11.3. The SMILES string of the molecule is CCOC(=O)C(N)CSCc1ccn(C(C)CC)n1. The second-order valence-electron chi connectivity index (χ2n) is 4.42. The molecule has 0 aliphatic carbocycles. The third kappa shape index (κ3) is 5.24. The normalized spacial score (nSPS) is 14.1. The molecule has 1 rings (SSSR count). The van der Waals surface area contributed by atoms with Gasteiger partial charge in [0, 0.05) is 23.7 Å². The van der Waals surface area contributed by atoms with Crippen LogP contribution in [0.1, 0.15) is 38.9 Å². The number of ether oxygens (including phenoxy) is 1. The van der Waals surface area contributed by atoms with Crippen molar-refractivity contribution in [2.24, 2.45) is 5.73 Å². The molecular formula is C13H23N3O2S. The first-order chi connectivity index (χ1) is 9.08. The Balaban J connectivity index is 2.33. The predicted molar refractivity (Wildman–Crippen MR) is 78.0 cm³/mol. The van der Waals surface area contributed by atoms with Crippen molar-refractivity contribution in [3.8, 4) is 0 Å². The number of rotatable bonds is 8. The van der Waals surface area contributed by atoms with Gasteiger partial charge >= 0.3 is 5.97 Å². The van der Waals surface area contributed by atoms with E-state index in [0.717, 1.165) is 17.9 Å². The summed E-state index contributed by atoms with van der Waals surface area (Å²) < 4.78 is 6.83. The maximum Gasteiger partial charge on any atom is 0.323 e. The van der Waals surface area contributed by atoms with Crippen molar-refractivity contribution in [1.82, 2.24) is 9.78 Å². The first kappa shape index (κ1) is 16.0. The molecule has 2 N–H and O–H groups in total. The maximum atomic E-state index is 11.3. The van der Waals surface area contributed by atoms with Crippen LogP contribution in [0.3, 0.4) is 0 Å². The van der Waals surface area contributed by atoms with E-state index in [1.807, 2.05) is 16.9 Å². The number of thioether (sulfide) groups is 1. The van der Waals surface area contributed by atoms with Gasteiger partial charge in [-0.2, -0.15) is 16.9 Å². The van der Waals surface area contributed by atoms with Crippen LogP contribution in [-0.2, 0) is 15.3 Å². The lowest BCUT2D eigenvalue weighted by molar-refractivity contribution is -0.144. The highest BCUT2D eigenvalue weighted by atomic mass is 32.2. The molecule has 0 saturated carbocycles. The van der Waals surface area contributed by atoms with Gasteiger partial charge in [-0.25, -0.2) is 0 Å². The zero-order valence-corrected chi connectivity index (χ0v) is 12.7. The lowest BCUT2D eigenvalue weighted by Crippen LogP contribution is -2.34. The molecule has 0 radical (unpaired) electrons. The molecule has 0 saturated heterocycles. The van der Waals surface area contributed by atoms with Crippen molar-refractivity contribution in [3.63, 3.8) is 0 Å². The number of carbonyl (C=O) groups excluding carboxylic acids is 1. The fraction of sp³-hybridized carbons (Fsp3) is 0.692. The average molecular weight is 285 g/mol. The van der Waals surface area contributed by atoms with Crippen LogP contribution >= 0.6 is 11.8 Å². The van der Waals surface area contributed by atoms with Gasteiger partial charge in [0.15, 0.2) is 0 Å². The van der Waals surface area contributed by atoms with Crippen molar-refractivity contribution in [2.75, 3.05) is 12.4 Å². The molecule has 1 aromatic rings. The van der Waals surface area contributed by atoms with E-state index >= 15 is 0 Å². The number of carbonyl (C=O) groups is 1. The Morgan fingerprint density at radius 3 is 2.95 bits per heavy atom. The van der Waals surface area contributed by atoms with Crippen LogP contribution in [0.5, 0.6) is 0 Å². The minimum atomic E-state index is -0.554. The van der Waals surface area contributed by atoms with E-state index in [0.29, 0.717) is 18.4 Å². The summed E-state index contributed by atoms with van der Waals surface area (Å²) in [6, 6.07) is 1.87. The largest absolute Gasteiger partial charge is 0.465 e. The molecule has 1 heterocycles. The Labute approximate surface area is 118 Å². The summed E-state index contributed by atoms with van der Waals surface area (Å²) in [5.41, 5.74) is 6.74. The topological polar surface area (TPSA) is 70.1 Å². The Morgan fingerprint density at radius 2 is 2.32 bits per heavy atom. The highest BCUT2D eigenvalue weighted by Crippen LogP contribution is 2.14. The Hall–Kier alpha value is -1.01. The van der Waals surface area contributed by atoms with Crippen molar-refractivity contribution >= 4 is 17.7 Å². The fourth-order valence-electron chi connectivity index (χ4n) is 1.49. The quantitative estimate of drug-likeness (QED) is 0.740. The molecule has 6 heteroatoms. The number of nitrogens with two attached hydrogens (primary N) is 1. The summed E-state index contributed by atoms with van der Waals surface area (Å²) in [5, 5.41) is 4.50. The van der Waals surface area contributed by atoms with Crippen LogP contribution in [0.2, 0.25) is 0 Å². The van der Waals surface area contributed by atoms with Crippen molar-refractivity contribution in [1.29, 1.82) is 0 Å². The Morgan fingerprint density at radius 1 is 1.58 bits per heavy atom. The number of esters is 1. The third-order valence-corrected chi connectivity index (χ3v) is 3.94. The van der Waals surface area contributed by atoms with Crippen molar-refractivity contribution in [3.05, 3.63) is 18.0 Å². The highest BCUT2D eigenvalue weighted by molar-refractivity contribution is 7.98. The van der Waals surface area contributed by atoms with Gasteiger partial charge in [0.05, 0.1) is 12.3 Å². The summed E-state index contributed by atoms with van der Waals surface area (Å²) in [5.74, 6) is 0.978. The molecule has 0 aliphatic rings. The Bertz CT molecular complexity index is 395. The van der Waals surface area contributed by atoms with E-state index < -0.39 is 6.04 Å². The second kappa shape index (κ2) is 8.22. The van der Waals surface area contributed by atoms with E-state index in [4.69, 9.17) is 10.5 Å². The minimum Gasteiger partial charge on any atom is -0.465 e. The lowest BCUT2D eigenvalue weighted by atomic mass is 10.3. The monoisotopic (exact) mass is 285 g/mol. The molecule has 0 amide bonds. The van der Waals surface area contributed by atoms with Gasteiger partial charge in [0.25, 0.3) is 0 Å². The Kier molecular flexibility index (Phi) is 6.94. The zero-order chi connectivity index (χ0) is 14.3. The van der Waals surface area contributed by atoms with Crippen molar-refractivity contribution < 1.29 is 9.53 Å². The predicted octanol–water partition coefficient (Wildman–Crippen LogP) is 1.98. The summed E-state index contributed by atoms with van der Waals surface area (Å²) >= 11 is 1.60. The summed E-state index contributed by atoms with van der Waals surface area (Å²) in [7, 11) is 0. The van der Waals surface area contributed by atoms with Crippen LogP contribution in [0.15, 0.2) is 12.3 Å². The molecule has 19 heavy (non-hydrogen) atoms. The molecule has 1 aromatic heterocycles.